The number of ether oxygens (including phenoxy) is 1. The largest absolute Gasteiger partial charge is 0.494 e. The molecule has 0 unspecified atom stereocenters. The van der Waals surface area contributed by atoms with Crippen molar-refractivity contribution in [1.82, 2.24) is 10.6 Å². The lowest BCUT2D eigenvalue weighted by molar-refractivity contribution is -0.121. The molecule has 0 bridgehead atoms. The van der Waals surface area contributed by atoms with Crippen LogP contribution in [0.2, 0.25) is 5.02 Å². The third-order valence-corrected chi connectivity index (χ3v) is 5.08. The van der Waals surface area contributed by atoms with Gasteiger partial charge in [-0.15, -0.1) is 0 Å². The zero-order valence-electron chi connectivity index (χ0n) is 15.4. The van der Waals surface area contributed by atoms with Crippen LogP contribution in [0.15, 0.2) is 53.4 Å². The van der Waals surface area contributed by atoms with Crippen LogP contribution in [0.25, 0.3) is 6.08 Å². The molecular weight excluding hydrogens is 412 g/mol. The SMILES string of the molecule is O=C(CCCOc1cccc(C=C2SC(=O)NC2=O)c1)NCc1ccc(Cl)cc1. The first-order valence-electron chi connectivity index (χ1n) is 8.98. The lowest BCUT2D eigenvalue weighted by Gasteiger charge is -2.08. The third kappa shape index (κ3) is 6.66. The van der Waals surface area contributed by atoms with Crippen molar-refractivity contribution in [2.75, 3.05) is 6.61 Å². The van der Waals surface area contributed by atoms with Crippen molar-refractivity contribution in [2.45, 2.75) is 19.4 Å². The average Bonchev–Trinajstić information content (AvgIpc) is 3.02. The van der Waals surface area contributed by atoms with Gasteiger partial charge in [-0.05, 0) is 59.7 Å². The predicted molar refractivity (Wildman–Crippen MR) is 114 cm³/mol. The fraction of sp³-hybridized carbons (Fsp3) is 0.190. The average molecular weight is 431 g/mol. The van der Waals surface area contributed by atoms with Crippen molar-refractivity contribution in [3.63, 3.8) is 0 Å². The number of halogens is 1. The van der Waals surface area contributed by atoms with Gasteiger partial charge in [0, 0.05) is 18.0 Å². The molecule has 0 atom stereocenters. The van der Waals surface area contributed by atoms with Crippen molar-refractivity contribution in [3.05, 3.63) is 69.6 Å². The Labute approximate surface area is 177 Å². The van der Waals surface area contributed by atoms with Gasteiger partial charge in [0.2, 0.25) is 5.91 Å². The summed E-state index contributed by atoms with van der Waals surface area (Å²) in [7, 11) is 0. The van der Waals surface area contributed by atoms with Crippen molar-refractivity contribution in [2.24, 2.45) is 0 Å². The van der Waals surface area contributed by atoms with Crippen molar-refractivity contribution in [3.8, 4) is 5.75 Å². The van der Waals surface area contributed by atoms with Gasteiger partial charge in [0.25, 0.3) is 11.1 Å². The van der Waals surface area contributed by atoms with Gasteiger partial charge in [0.05, 0.1) is 11.5 Å². The highest BCUT2D eigenvalue weighted by Gasteiger charge is 2.24. The number of thioether (sulfide) groups is 1. The van der Waals surface area contributed by atoms with Gasteiger partial charge in [-0.2, -0.15) is 0 Å². The zero-order chi connectivity index (χ0) is 20.6. The van der Waals surface area contributed by atoms with E-state index in [1.807, 2.05) is 18.2 Å². The van der Waals surface area contributed by atoms with Crippen LogP contribution in [0.5, 0.6) is 5.75 Å². The highest BCUT2D eigenvalue weighted by atomic mass is 35.5. The van der Waals surface area contributed by atoms with Gasteiger partial charge in [-0.3, -0.25) is 19.7 Å². The van der Waals surface area contributed by atoms with Crippen molar-refractivity contribution >= 4 is 46.5 Å². The highest BCUT2D eigenvalue weighted by molar-refractivity contribution is 8.18. The van der Waals surface area contributed by atoms with Gasteiger partial charge < -0.3 is 10.1 Å². The Bertz CT molecular complexity index is 944. The van der Waals surface area contributed by atoms with E-state index in [9.17, 15) is 14.4 Å². The molecule has 2 aromatic rings. The molecule has 1 fully saturated rings. The summed E-state index contributed by atoms with van der Waals surface area (Å²) >= 11 is 6.71. The summed E-state index contributed by atoms with van der Waals surface area (Å²) in [6, 6.07) is 14.5. The standard InChI is InChI=1S/C21H19ClN2O4S/c22-16-8-6-14(7-9-16)13-23-19(25)5-2-10-28-17-4-1-3-15(11-17)12-18-20(26)24-21(27)29-18/h1,3-4,6-9,11-12H,2,5,10,13H2,(H,23,25)(H,24,26,27). The van der Waals surface area contributed by atoms with E-state index in [-0.39, 0.29) is 11.1 Å². The van der Waals surface area contributed by atoms with E-state index in [0.29, 0.717) is 41.7 Å². The van der Waals surface area contributed by atoms with E-state index in [4.69, 9.17) is 16.3 Å². The highest BCUT2D eigenvalue weighted by Crippen LogP contribution is 2.26. The lowest BCUT2D eigenvalue weighted by Crippen LogP contribution is -2.22. The van der Waals surface area contributed by atoms with Crippen LogP contribution in [-0.4, -0.2) is 23.7 Å². The van der Waals surface area contributed by atoms with Gasteiger partial charge >= 0.3 is 0 Å². The van der Waals surface area contributed by atoms with Gasteiger partial charge in [-0.1, -0.05) is 35.9 Å². The second-order valence-corrected chi connectivity index (χ2v) is 7.73. The molecule has 1 heterocycles. The topological polar surface area (TPSA) is 84.5 Å². The summed E-state index contributed by atoms with van der Waals surface area (Å²) in [6.45, 7) is 0.851. The van der Waals surface area contributed by atoms with Crippen LogP contribution >= 0.6 is 23.4 Å². The minimum absolute atomic E-state index is 0.0454. The first kappa shape index (κ1) is 21.0. The van der Waals surface area contributed by atoms with Crippen LogP contribution in [0.3, 0.4) is 0 Å². The van der Waals surface area contributed by atoms with E-state index in [2.05, 4.69) is 10.6 Å². The molecule has 29 heavy (non-hydrogen) atoms. The summed E-state index contributed by atoms with van der Waals surface area (Å²) in [5, 5.41) is 5.37. The number of imide groups is 1. The summed E-state index contributed by atoms with van der Waals surface area (Å²) in [5.41, 5.74) is 1.75. The number of carbonyl (C=O) groups is 3. The minimum Gasteiger partial charge on any atom is -0.494 e. The normalized spacial score (nSPS) is 14.7. The molecule has 3 amide bonds. The van der Waals surface area contributed by atoms with Crippen LogP contribution in [0.1, 0.15) is 24.0 Å². The Balaban J connectivity index is 1.41. The Morgan fingerprint density at radius 1 is 1.17 bits per heavy atom. The molecule has 0 radical (unpaired) electrons. The molecule has 8 heteroatoms. The number of hydrogen-bond acceptors (Lipinski definition) is 5. The molecule has 0 aliphatic carbocycles. The fourth-order valence-electron chi connectivity index (χ4n) is 2.58. The summed E-state index contributed by atoms with van der Waals surface area (Å²) < 4.78 is 5.69. The predicted octanol–water partition coefficient (Wildman–Crippen LogP) is 4.14. The fourth-order valence-corrected chi connectivity index (χ4v) is 3.39. The Kier molecular flexibility index (Phi) is 7.32. The van der Waals surface area contributed by atoms with E-state index in [0.717, 1.165) is 22.9 Å². The number of rotatable bonds is 8. The van der Waals surface area contributed by atoms with Gasteiger partial charge in [-0.25, -0.2) is 0 Å². The Morgan fingerprint density at radius 3 is 2.69 bits per heavy atom. The molecule has 2 N–H and O–H groups in total. The maximum Gasteiger partial charge on any atom is 0.290 e. The molecule has 1 aliphatic rings. The summed E-state index contributed by atoms with van der Waals surface area (Å²) in [4.78, 5) is 35.1. The van der Waals surface area contributed by atoms with Gasteiger partial charge in [0.15, 0.2) is 0 Å². The molecular formula is C21H19ClN2O4S. The second-order valence-electron chi connectivity index (χ2n) is 6.28. The number of benzene rings is 2. The van der Waals surface area contributed by atoms with E-state index in [1.54, 1.807) is 36.4 Å². The lowest BCUT2D eigenvalue weighted by atomic mass is 10.2. The first-order valence-corrected chi connectivity index (χ1v) is 10.2. The van der Waals surface area contributed by atoms with Crippen LogP contribution in [0, 0.1) is 0 Å². The van der Waals surface area contributed by atoms with Crippen LogP contribution < -0.4 is 15.4 Å². The van der Waals surface area contributed by atoms with Gasteiger partial charge in [0.1, 0.15) is 5.75 Å². The molecule has 3 rings (SSSR count). The maximum atomic E-state index is 11.9. The number of amides is 3. The number of hydrogen-bond donors (Lipinski definition) is 2. The second kappa shape index (κ2) is 10.1. The molecule has 150 valence electrons. The monoisotopic (exact) mass is 430 g/mol. The van der Waals surface area contributed by atoms with Crippen LogP contribution in [-0.2, 0) is 16.1 Å². The molecule has 0 saturated carbocycles. The quantitative estimate of drug-likeness (QED) is 0.485. The number of nitrogens with one attached hydrogen (secondary N) is 2. The first-order chi connectivity index (χ1) is 14.0. The molecule has 0 spiro atoms. The molecule has 0 aromatic heterocycles. The maximum absolute atomic E-state index is 11.9. The van der Waals surface area contributed by atoms with Crippen molar-refractivity contribution < 1.29 is 19.1 Å². The molecule has 6 nitrogen and oxygen atoms in total. The number of carbonyl (C=O) groups excluding carboxylic acids is 3. The Morgan fingerprint density at radius 2 is 1.97 bits per heavy atom. The zero-order valence-corrected chi connectivity index (χ0v) is 17.0. The molecule has 1 saturated heterocycles. The van der Waals surface area contributed by atoms with Crippen LogP contribution in [0.4, 0.5) is 4.79 Å². The van der Waals surface area contributed by atoms with E-state index in [1.165, 1.54) is 0 Å². The summed E-state index contributed by atoms with van der Waals surface area (Å²) in [5.74, 6) is 0.197. The minimum atomic E-state index is -0.393. The third-order valence-electron chi connectivity index (χ3n) is 4.02. The Hall–Kier alpha value is -2.77. The van der Waals surface area contributed by atoms with E-state index >= 15 is 0 Å². The molecule has 2 aromatic carbocycles. The molecule has 1 aliphatic heterocycles. The van der Waals surface area contributed by atoms with E-state index < -0.39 is 5.91 Å². The smallest absolute Gasteiger partial charge is 0.290 e. The van der Waals surface area contributed by atoms with Crippen molar-refractivity contribution in [1.29, 1.82) is 0 Å². The summed E-state index contributed by atoms with van der Waals surface area (Å²) in [6.07, 6.45) is 2.57.